The van der Waals surface area contributed by atoms with Gasteiger partial charge in [0, 0.05) is 0 Å². The maximum Gasteiger partial charge on any atom is 0.309 e. The second kappa shape index (κ2) is 15.8. The molecule has 0 radical (unpaired) electrons. The highest BCUT2D eigenvalue weighted by Gasteiger charge is 2.23. The summed E-state index contributed by atoms with van der Waals surface area (Å²) in [4.78, 5) is 24.0. The number of esters is 2. The highest BCUT2D eigenvalue weighted by atomic mass is 16.5. The molecule has 136 valence electrons. The van der Waals surface area contributed by atoms with E-state index >= 15 is 0 Å². The molecule has 0 bridgehead atoms. The first kappa shape index (κ1) is 21.9. The molecule has 0 rings (SSSR count). The fourth-order valence-electron chi connectivity index (χ4n) is 2.32. The van der Waals surface area contributed by atoms with Crippen molar-refractivity contribution >= 4 is 11.9 Å². The summed E-state index contributed by atoms with van der Waals surface area (Å²) in [5.74, 6) is -0.853. The second-order valence-electron chi connectivity index (χ2n) is 6.20. The Kier molecular flexibility index (Phi) is 15.1. The van der Waals surface area contributed by atoms with Crippen molar-refractivity contribution in [3.8, 4) is 0 Å². The minimum Gasteiger partial charge on any atom is -0.466 e. The molecule has 0 N–H and O–H groups in total. The van der Waals surface area contributed by atoms with E-state index in [4.69, 9.17) is 9.47 Å². The van der Waals surface area contributed by atoms with Gasteiger partial charge in [0.15, 0.2) is 0 Å². The quantitative estimate of drug-likeness (QED) is 0.312. The Morgan fingerprint density at radius 2 is 1.30 bits per heavy atom. The Balaban J connectivity index is 4.23. The maximum atomic E-state index is 12.2. The largest absolute Gasteiger partial charge is 0.466 e. The van der Waals surface area contributed by atoms with Crippen molar-refractivity contribution in [2.75, 3.05) is 13.2 Å². The first-order valence-corrected chi connectivity index (χ1v) is 9.47. The monoisotopic (exact) mass is 328 g/mol. The predicted octanol–water partition coefficient (Wildman–Crippen LogP) is 5.04. The summed E-state index contributed by atoms with van der Waals surface area (Å²) < 4.78 is 10.5. The molecule has 1 atom stereocenters. The van der Waals surface area contributed by atoms with Crippen molar-refractivity contribution in [1.82, 2.24) is 0 Å². The number of carbonyl (C=O) groups excluding carboxylic acids is 2. The Bertz CT molecular complexity index is 302. The topological polar surface area (TPSA) is 52.6 Å². The van der Waals surface area contributed by atoms with Gasteiger partial charge in [0.25, 0.3) is 0 Å². The molecule has 0 fully saturated rings. The minimum atomic E-state index is -0.345. The van der Waals surface area contributed by atoms with Crippen LogP contribution in [-0.4, -0.2) is 25.2 Å². The van der Waals surface area contributed by atoms with Gasteiger partial charge in [0.1, 0.15) is 0 Å². The minimum absolute atomic E-state index is 0.155. The Hall–Kier alpha value is -1.06. The maximum absolute atomic E-state index is 12.2. The van der Waals surface area contributed by atoms with Crippen molar-refractivity contribution < 1.29 is 19.1 Å². The summed E-state index contributed by atoms with van der Waals surface area (Å²) in [5, 5.41) is 0. The molecule has 0 spiro atoms. The van der Waals surface area contributed by atoms with Gasteiger partial charge in [0.05, 0.1) is 25.6 Å². The summed E-state index contributed by atoms with van der Waals surface area (Å²) in [5.41, 5.74) is 0. The van der Waals surface area contributed by atoms with Gasteiger partial charge < -0.3 is 9.47 Å². The van der Waals surface area contributed by atoms with Crippen LogP contribution in [-0.2, 0) is 19.1 Å². The molecule has 23 heavy (non-hydrogen) atoms. The number of ether oxygens (including phenoxy) is 2. The molecule has 0 aromatic carbocycles. The standard InChI is InChI=1S/C19H36O4/c1-4-7-10-11-12-13-17(19(21)23-15-9-6-3)16-18(20)22-14-8-5-2/h17H,4-16H2,1-3H3. The molecule has 0 aromatic heterocycles. The molecular formula is C19H36O4. The van der Waals surface area contributed by atoms with Crippen LogP contribution in [0, 0.1) is 5.92 Å². The molecule has 0 heterocycles. The van der Waals surface area contributed by atoms with Gasteiger partial charge in [-0.15, -0.1) is 0 Å². The molecule has 0 aliphatic rings. The van der Waals surface area contributed by atoms with Crippen LogP contribution in [0.4, 0.5) is 0 Å². The first-order chi connectivity index (χ1) is 11.2. The molecule has 0 aliphatic heterocycles. The fraction of sp³-hybridized carbons (Fsp3) is 0.895. The SMILES string of the molecule is CCCCCCCC(CC(=O)OCCCC)C(=O)OCCCC. The third kappa shape index (κ3) is 13.1. The van der Waals surface area contributed by atoms with E-state index in [9.17, 15) is 9.59 Å². The molecule has 4 heteroatoms. The fourth-order valence-corrected chi connectivity index (χ4v) is 2.32. The van der Waals surface area contributed by atoms with Crippen molar-refractivity contribution in [3.63, 3.8) is 0 Å². The summed E-state index contributed by atoms with van der Waals surface area (Å²) >= 11 is 0. The van der Waals surface area contributed by atoms with Crippen molar-refractivity contribution in [3.05, 3.63) is 0 Å². The van der Waals surface area contributed by atoms with Gasteiger partial charge in [-0.3, -0.25) is 9.59 Å². The number of hydrogen-bond acceptors (Lipinski definition) is 4. The van der Waals surface area contributed by atoms with E-state index in [0.717, 1.165) is 44.9 Å². The van der Waals surface area contributed by atoms with Gasteiger partial charge in [-0.25, -0.2) is 0 Å². The normalized spacial score (nSPS) is 12.0. The molecule has 0 amide bonds. The summed E-state index contributed by atoms with van der Waals surface area (Å²) in [7, 11) is 0. The molecule has 0 saturated heterocycles. The van der Waals surface area contributed by atoms with E-state index in [-0.39, 0.29) is 24.3 Å². The number of rotatable bonds is 15. The van der Waals surface area contributed by atoms with Crippen molar-refractivity contribution in [1.29, 1.82) is 0 Å². The zero-order chi connectivity index (χ0) is 17.3. The molecule has 4 nitrogen and oxygen atoms in total. The van der Waals surface area contributed by atoms with Crippen LogP contribution in [0.2, 0.25) is 0 Å². The Morgan fingerprint density at radius 1 is 0.739 bits per heavy atom. The average molecular weight is 328 g/mol. The third-order valence-corrected chi connectivity index (χ3v) is 3.91. The van der Waals surface area contributed by atoms with Crippen LogP contribution in [0.3, 0.4) is 0 Å². The lowest BCUT2D eigenvalue weighted by atomic mass is 9.97. The third-order valence-electron chi connectivity index (χ3n) is 3.91. The number of unbranched alkanes of at least 4 members (excludes halogenated alkanes) is 6. The first-order valence-electron chi connectivity index (χ1n) is 9.47. The van der Waals surface area contributed by atoms with Gasteiger partial charge in [0.2, 0.25) is 0 Å². The van der Waals surface area contributed by atoms with Crippen molar-refractivity contribution in [2.45, 2.75) is 91.4 Å². The van der Waals surface area contributed by atoms with Gasteiger partial charge in [-0.2, -0.15) is 0 Å². The van der Waals surface area contributed by atoms with Gasteiger partial charge >= 0.3 is 11.9 Å². The van der Waals surface area contributed by atoms with E-state index in [1.165, 1.54) is 19.3 Å². The number of hydrogen-bond donors (Lipinski definition) is 0. The van der Waals surface area contributed by atoms with E-state index in [0.29, 0.717) is 13.2 Å². The molecule has 0 aliphatic carbocycles. The van der Waals surface area contributed by atoms with Crippen LogP contribution < -0.4 is 0 Å². The van der Waals surface area contributed by atoms with Crippen LogP contribution >= 0.6 is 0 Å². The van der Waals surface area contributed by atoms with Crippen LogP contribution in [0.5, 0.6) is 0 Å². The van der Waals surface area contributed by atoms with E-state index < -0.39 is 0 Å². The lowest BCUT2D eigenvalue weighted by Crippen LogP contribution is -2.23. The van der Waals surface area contributed by atoms with Crippen molar-refractivity contribution in [2.24, 2.45) is 5.92 Å². The molecular weight excluding hydrogens is 292 g/mol. The number of carbonyl (C=O) groups is 2. The second-order valence-corrected chi connectivity index (χ2v) is 6.20. The Labute approximate surface area is 142 Å². The van der Waals surface area contributed by atoms with E-state index in [1.54, 1.807) is 0 Å². The average Bonchev–Trinajstić information content (AvgIpc) is 2.54. The highest BCUT2D eigenvalue weighted by Crippen LogP contribution is 2.18. The van der Waals surface area contributed by atoms with E-state index in [1.807, 2.05) is 0 Å². The van der Waals surface area contributed by atoms with Crippen LogP contribution in [0.15, 0.2) is 0 Å². The zero-order valence-corrected chi connectivity index (χ0v) is 15.4. The Morgan fingerprint density at radius 3 is 1.91 bits per heavy atom. The van der Waals surface area contributed by atoms with Gasteiger partial charge in [-0.1, -0.05) is 65.7 Å². The van der Waals surface area contributed by atoms with Gasteiger partial charge in [-0.05, 0) is 19.3 Å². The van der Waals surface area contributed by atoms with E-state index in [2.05, 4.69) is 20.8 Å². The highest BCUT2D eigenvalue weighted by molar-refractivity contribution is 5.79. The van der Waals surface area contributed by atoms with Crippen LogP contribution in [0.1, 0.15) is 91.4 Å². The summed E-state index contributed by atoms with van der Waals surface area (Å²) in [6, 6.07) is 0. The molecule has 1 unspecified atom stereocenters. The lowest BCUT2D eigenvalue weighted by molar-refractivity contribution is -0.155. The molecule has 0 saturated carbocycles. The van der Waals surface area contributed by atoms with Crippen LogP contribution in [0.25, 0.3) is 0 Å². The lowest BCUT2D eigenvalue weighted by Gasteiger charge is -2.15. The summed E-state index contributed by atoms with van der Waals surface area (Å²) in [6.45, 7) is 7.19. The molecule has 0 aromatic rings. The summed E-state index contributed by atoms with van der Waals surface area (Å²) in [6.07, 6.45) is 10.3. The smallest absolute Gasteiger partial charge is 0.309 e. The predicted molar refractivity (Wildman–Crippen MR) is 93.2 cm³/mol. The zero-order valence-electron chi connectivity index (χ0n) is 15.4.